The highest BCUT2D eigenvalue weighted by Crippen LogP contribution is 2.38. The van der Waals surface area contributed by atoms with E-state index in [1.54, 1.807) is 31.5 Å². The fourth-order valence-corrected chi connectivity index (χ4v) is 3.23. The second-order valence-corrected chi connectivity index (χ2v) is 6.91. The van der Waals surface area contributed by atoms with Gasteiger partial charge >= 0.3 is 0 Å². The molecule has 0 bridgehead atoms. The molecule has 1 amide bonds. The van der Waals surface area contributed by atoms with Crippen LogP contribution in [0.1, 0.15) is 34.8 Å². The van der Waals surface area contributed by atoms with Crippen LogP contribution in [0, 0.1) is 5.92 Å². The van der Waals surface area contributed by atoms with Crippen molar-refractivity contribution in [2.24, 2.45) is 5.92 Å². The number of carbonyl (C=O) groups is 1. The molecule has 132 valence electrons. The molecule has 1 fully saturated rings. The molecular weight excluding hydrogens is 363 g/mol. The van der Waals surface area contributed by atoms with Gasteiger partial charge in [-0.15, -0.1) is 0 Å². The number of nitrogens with one attached hydrogen (secondary N) is 1. The lowest BCUT2D eigenvalue weighted by Gasteiger charge is -2.38. The van der Waals surface area contributed by atoms with Crippen molar-refractivity contribution in [2.75, 3.05) is 7.11 Å². The first-order chi connectivity index (χ1) is 12.0. The zero-order valence-corrected chi connectivity index (χ0v) is 15.1. The first kappa shape index (κ1) is 18.0. The van der Waals surface area contributed by atoms with Gasteiger partial charge in [-0.1, -0.05) is 29.3 Å². The van der Waals surface area contributed by atoms with Gasteiger partial charge in [0, 0.05) is 17.8 Å². The zero-order chi connectivity index (χ0) is 18.0. The maximum Gasteiger partial charge on any atom is 0.251 e. The zero-order valence-electron chi connectivity index (χ0n) is 13.6. The standard InChI is InChI=1S/C18H18Cl2N2O3/c1-25-16-5-3-11(9-21-16)17(12-6-13(23)7-12)22-18(24)10-2-4-14(19)15(20)8-10/h2-5,8-9,12-13,17,23H,6-7H2,1H3,(H,22,24)/t12?,13?,17-/m1/s1. The van der Waals surface area contributed by atoms with Crippen molar-refractivity contribution >= 4 is 29.1 Å². The van der Waals surface area contributed by atoms with Gasteiger partial charge in [0.05, 0.1) is 29.3 Å². The topological polar surface area (TPSA) is 71.5 Å². The Bertz CT molecular complexity index is 761. The number of carbonyl (C=O) groups excluding carboxylic acids is 1. The van der Waals surface area contributed by atoms with E-state index in [4.69, 9.17) is 27.9 Å². The molecular formula is C18H18Cl2N2O3. The van der Waals surface area contributed by atoms with E-state index in [9.17, 15) is 9.90 Å². The summed E-state index contributed by atoms with van der Waals surface area (Å²) in [5.74, 6) is 0.407. The molecule has 0 aliphatic heterocycles. The number of ether oxygens (including phenoxy) is 1. The molecule has 1 atom stereocenters. The third-order valence-electron chi connectivity index (χ3n) is 4.42. The summed E-state index contributed by atoms with van der Waals surface area (Å²) in [6, 6.07) is 8.14. The van der Waals surface area contributed by atoms with Crippen LogP contribution >= 0.6 is 23.2 Å². The van der Waals surface area contributed by atoms with E-state index in [0.29, 0.717) is 34.3 Å². The molecule has 2 N–H and O–H groups in total. The molecule has 5 nitrogen and oxygen atoms in total. The van der Waals surface area contributed by atoms with Crippen molar-refractivity contribution in [3.8, 4) is 5.88 Å². The number of hydrogen-bond donors (Lipinski definition) is 2. The molecule has 1 aromatic carbocycles. The minimum Gasteiger partial charge on any atom is -0.481 e. The number of halogens is 2. The molecule has 25 heavy (non-hydrogen) atoms. The number of hydrogen-bond acceptors (Lipinski definition) is 4. The van der Waals surface area contributed by atoms with Gasteiger partial charge in [-0.25, -0.2) is 4.98 Å². The summed E-state index contributed by atoms with van der Waals surface area (Å²) >= 11 is 11.9. The monoisotopic (exact) mass is 380 g/mol. The molecule has 1 heterocycles. The van der Waals surface area contributed by atoms with Crippen molar-refractivity contribution in [3.05, 3.63) is 57.7 Å². The van der Waals surface area contributed by atoms with E-state index in [1.165, 1.54) is 6.07 Å². The Balaban J connectivity index is 1.81. The third-order valence-corrected chi connectivity index (χ3v) is 5.16. The Hall–Kier alpha value is -1.82. The van der Waals surface area contributed by atoms with Crippen LogP contribution in [0.5, 0.6) is 5.88 Å². The lowest BCUT2D eigenvalue weighted by atomic mass is 9.75. The number of aliphatic hydroxyl groups excluding tert-OH is 1. The summed E-state index contributed by atoms with van der Waals surface area (Å²) in [6.45, 7) is 0. The Labute approximate surface area is 155 Å². The molecule has 3 rings (SSSR count). The maximum atomic E-state index is 12.6. The summed E-state index contributed by atoms with van der Waals surface area (Å²) < 4.78 is 5.08. The maximum absolute atomic E-state index is 12.6. The van der Waals surface area contributed by atoms with Crippen LogP contribution in [-0.4, -0.2) is 29.2 Å². The van der Waals surface area contributed by atoms with Crippen molar-refractivity contribution in [1.82, 2.24) is 10.3 Å². The van der Waals surface area contributed by atoms with Gasteiger partial charge in [-0.3, -0.25) is 4.79 Å². The van der Waals surface area contributed by atoms with Crippen molar-refractivity contribution in [3.63, 3.8) is 0 Å². The first-order valence-corrected chi connectivity index (χ1v) is 8.67. The van der Waals surface area contributed by atoms with E-state index >= 15 is 0 Å². The Morgan fingerprint density at radius 1 is 1.28 bits per heavy atom. The van der Waals surface area contributed by atoms with Gasteiger partial charge in [0.1, 0.15) is 0 Å². The molecule has 2 aromatic rings. The summed E-state index contributed by atoms with van der Waals surface area (Å²) in [7, 11) is 1.55. The Morgan fingerprint density at radius 2 is 2.04 bits per heavy atom. The normalized spacial score (nSPS) is 20.5. The molecule has 0 radical (unpaired) electrons. The minimum absolute atomic E-state index is 0.150. The molecule has 7 heteroatoms. The predicted octanol–water partition coefficient (Wildman–Crippen LogP) is 3.64. The van der Waals surface area contributed by atoms with Gasteiger partial charge < -0.3 is 15.2 Å². The van der Waals surface area contributed by atoms with Crippen LogP contribution in [0.2, 0.25) is 10.0 Å². The fourth-order valence-electron chi connectivity index (χ4n) is 2.93. The van der Waals surface area contributed by atoms with Crippen molar-refractivity contribution < 1.29 is 14.6 Å². The van der Waals surface area contributed by atoms with Crippen LogP contribution in [0.25, 0.3) is 0 Å². The van der Waals surface area contributed by atoms with Crippen molar-refractivity contribution in [2.45, 2.75) is 25.0 Å². The van der Waals surface area contributed by atoms with E-state index in [1.807, 2.05) is 6.07 Å². The predicted molar refractivity (Wildman–Crippen MR) is 96.2 cm³/mol. The van der Waals surface area contributed by atoms with E-state index in [2.05, 4.69) is 10.3 Å². The molecule has 1 saturated carbocycles. The first-order valence-electron chi connectivity index (χ1n) is 7.92. The van der Waals surface area contributed by atoms with Crippen LogP contribution in [-0.2, 0) is 0 Å². The molecule has 1 aliphatic rings. The van der Waals surface area contributed by atoms with Crippen LogP contribution < -0.4 is 10.1 Å². The number of nitrogens with zero attached hydrogens (tertiary/aromatic N) is 1. The number of aromatic nitrogens is 1. The number of rotatable bonds is 5. The van der Waals surface area contributed by atoms with Gasteiger partial charge in [0.15, 0.2) is 0 Å². The molecule has 0 saturated heterocycles. The Morgan fingerprint density at radius 3 is 2.60 bits per heavy atom. The molecule has 1 aromatic heterocycles. The summed E-state index contributed by atoms with van der Waals surface area (Å²) in [6.07, 6.45) is 2.64. The highest BCUT2D eigenvalue weighted by atomic mass is 35.5. The second-order valence-electron chi connectivity index (χ2n) is 6.10. The third kappa shape index (κ3) is 4.06. The highest BCUT2D eigenvalue weighted by Gasteiger charge is 2.36. The average molecular weight is 381 g/mol. The molecule has 0 spiro atoms. The van der Waals surface area contributed by atoms with Gasteiger partial charge in [-0.05, 0) is 42.5 Å². The largest absolute Gasteiger partial charge is 0.481 e. The quantitative estimate of drug-likeness (QED) is 0.830. The number of amides is 1. The van der Waals surface area contributed by atoms with Gasteiger partial charge in [-0.2, -0.15) is 0 Å². The number of methoxy groups -OCH3 is 1. The summed E-state index contributed by atoms with van der Waals surface area (Å²) in [5.41, 5.74) is 1.30. The summed E-state index contributed by atoms with van der Waals surface area (Å²) in [4.78, 5) is 16.8. The Kier molecular flexibility index (Phi) is 5.47. The number of pyridine rings is 1. The lowest BCUT2D eigenvalue weighted by molar-refractivity contribution is 0.0234. The molecule has 1 aliphatic carbocycles. The van der Waals surface area contributed by atoms with Crippen LogP contribution in [0.3, 0.4) is 0 Å². The van der Waals surface area contributed by atoms with E-state index < -0.39 is 0 Å². The average Bonchev–Trinajstić information content (AvgIpc) is 2.59. The minimum atomic E-state index is -0.319. The highest BCUT2D eigenvalue weighted by molar-refractivity contribution is 6.42. The smallest absolute Gasteiger partial charge is 0.251 e. The van der Waals surface area contributed by atoms with Crippen LogP contribution in [0.4, 0.5) is 0 Å². The number of aliphatic hydroxyl groups is 1. The van der Waals surface area contributed by atoms with Gasteiger partial charge in [0.2, 0.25) is 5.88 Å². The van der Waals surface area contributed by atoms with E-state index in [0.717, 1.165) is 5.56 Å². The van der Waals surface area contributed by atoms with Crippen LogP contribution in [0.15, 0.2) is 36.5 Å². The number of benzene rings is 1. The van der Waals surface area contributed by atoms with Gasteiger partial charge in [0.25, 0.3) is 5.91 Å². The fraction of sp³-hybridized carbons (Fsp3) is 0.333. The molecule has 0 unspecified atom stereocenters. The van der Waals surface area contributed by atoms with E-state index in [-0.39, 0.29) is 24.0 Å². The SMILES string of the molecule is COc1ccc([C@@H](NC(=O)c2ccc(Cl)c(Cl)c2)C2CC(O)C2)cn1. The second kappa shape index (κ2) is 7.60. The van der Waals surface area contributed by atoms with Crippen molar-refractivity contribution in [1.29, 1.82) is 0 Å². The summed E-state index contributed by atoms with van der Waals surface area (Å²) in [5, 5.41) is 13.4. The lowest BCUT2D eigenvalue weighted by Crippen LogP contribution is -2.41.